The van der Waals surface area contributed by atoms with Crippen molar-refractivity contribution in [3.05, 3.63) is 24.3 Å². The van der Waals surface area contributed by atoms with Gasteiger partial charge in [-0.3, -0.25) is 4.79 Å². The number of alkyl halides is 3. The molecule has 0 bridgehead atoms. The molecule has 1 aromatic rings. The van der Waals surface area contributed by atoms with Crippen LogP contribution >= 0.6 is 0 Å². The number of hydrogen-bond donors (Lipinski definition) is 1. The van der Waals surface area contributed by atoms with Crippen LogP contribution in [-0.4, -0.2) is 24.5 Å². The number of carbonyl (C=O) groups is 1. The molecule has 7 heteroatoms. The SMILES string of the molecule is CC(C)(C)OCC(=O)Nc1ccc(OC(F)(F)F)cc1. The Morgan fingerprint density at radius 2 is 1.70 bits per heavy atom. The van der Waals surface area contributed by atoms with Crippen LogP contribution in [0.15, 0.2) is 24.3 Å². The van der Waals surface area contributed by atoms with Crippen LogP contribution < -0.4 is 10.1 Å². The van der Waals surface area contributed by atoms with Crippen molar-refractivity contribution in [2.24, 2.45) is 0 Å². The highest BCUT2D eigenvalue weighted by molar-refractivity contribution is 5.91. The molecule has 1 N–H and O–H groups in total. The molecule has 1 amide bonds. The third kappa shape index (κ3) is 6.98. The van der Waals surface area contributed by atoms with Crippen LogP contribution in [0.1, 0.15) is 20.8 Å². The highest BCUT2D eigenvalue weighted by Gasteiger charge is 2.30. The Morgan fingerprint density at radius 3 is 2.15 bits per heavy atom. The Balaban J connectivity index is 2.51. The Morgan fingerprint density at radius 1 is 1.15 bits per heavy atom. The predicted molar refractivity (Wildman–Crippen MR) is 67.5 cm³/mol. The average molecular weight is 291 g/mol. The van der Waals surface area contributed by atoms with E-state index in [9.17, 15) is 18.0 Å². The second kappa shape index (κ2) is 6.13. The minimum atomic E-state index is -4.73. The second-order valence-electron chi connectivity index (χ2n) is 5.02. The van der Waals surface area contributed by atoms with Crippen LogP contribution in [-0.2, 0) is 9.53 Å². The molecule has 112 valence electrons. The fraction of sp³-hybridized carbons (Fsp3) is 0.462. The monoisotopic (exact) mass is 291 g/mol. The molecular weight excluding hydrogens is 275 g/mol. The first-order chi connectivity index (χ1) is 9.05. The van der Waals surface area contributed by atoms with Crippen molar-refractivity contribution >= 4 is 11.6 Å². The summed E-state index contributed by atoms with van der Waals surface area (Å²) in [6.07, 6.45) is -4.73. The molecule has 20 heavy (non-hydrogen) atoms. The van der Waals surface area contributed by atoms with Crippen molar-refractivity contribution in [3.8, 4) is 5.75 Å². The summed E-state index contributed by atoms with van der Waals surface area (Å²) in [7, 11) is 0. The molecule has 0 spiro atoms. The molecule has 4 nitrogen and oxygen atoms in total. The number of amides is 1. The lowest BCUT2D eigenvalue weighted by Crippen LogP contribution is -2.27. The van der Waals surface area contributed by atoms with Crippen LogP contribution in [0.5, 0.6) is 5.75 Å². The quantitative estimate of drug-likeness (QED) is 0.925. The molecule has 0 aliphatic heterocycles. The van der Waals surface area contributed by atoms with Gasteiger partial charge in [-0.15, -0.1) is 13.2 Å². The maximum atomic E-state index is 12.0. The first-order valence-corrected chi connectivity index (χ1v) is 5.85. The summed E-state index contributed by atoms with van der Waals surface area (Å²) in [6.45, 7) is 5.29. The number of anilines is 1. The predicted octanol–water partition coefficient (Wildman–Crippen LogP) is 3.34. The first-order valence-electron chi connectivity index (χ1n) is 5.85. The van der Waals surface area contributed by atoms with Gasteiger partial charge in [0.1, 0.15) is 12.4 Å². The van der Waals surface area contributed by atoms with Gasteiger partial charge in [0.05, 0.1) is 5.60 Å². The van der Waals surface area contributed by atoms with Gasteiger partial charge in [-0.2, -0.15) is 0 Å². The van der Waals surface area contributed by atoms with Gasteiger partial charge in [0.2, 0.25) is 5.91 Å². The number of carbonyl (C=O) groups excluding carboxylic acids is 1. The summed E-state index contributed by atoms with van der Waals surface area (Å²) in [6, 6.07) is 4.87. The van der Waals surface area contributed by atoms with Crippen molar-refractivity contribution in [3.63, 3.8) is 0 Å². The molecular formula is C13H16F3NO3. The molecule has 1 rings (SSSR count). The Bertz CT molecular complexity index is 449. The third-order valence-electron chi connectivity index (χ3n) is 2.01. The van der Waals surface area contributed by atoms with Gasteiger partial charge in [0, 0.05) is 5.69 Å². The number of hydrogen-bond acceptors (Lipinski definition) is 3. The van der Waals surface area contributed by atoms with Crippen LogP contribution in [0, 0.1) is 0 Å². The van der Waals surface area contributed by atoms with Crippen molar-refractivity contribution in [1.29, 1.82) is 0 Å². The minimum Gasteiger partial charge on any atom is -0.406 e. The summed E-state index contributed by atoms with van der Waals surface area (Å²) in [5.74, 6) is -0.731. The summed E-state index contributed by atoms with van der Waals surface area (Å²) in [5, 5.41) is 2.50. The largest absolute Gasteiger partial charge is 0.573 e. The molecule has 0 saturated heterocycles. The zero-order valence-corrected chi connectivity index (χ0v) is 11.4. The van der Waals surface area contributed by atoms with Gasteiger partial charge >= 0.3 is 6.36 Å². The molecule has 0 saturated carbocycles. The molecule has 0 unspecified atom stereocenters. The molecule has 1 aromatic carbocycles. The van der Waals surface area contributed by atoms with E-state index < -0.39 is 12.0 Å². The highest BCUT2D eigenvalue weighted by atomic mass is 19.4. The molecule has 0 aliphatic carbocycles. The maximum absolute atomic E-state index is 12.0. The Labute approximate surface area is 114 Å². The van der Waals surface area contributed by atoms with Crippen LogP contribution in [0.3, 0.4) is 0 Å². The van der Waals surface area contributed by atoms with E-state index >= 15 is 0 Å². The van der Waals surface area contributed by atoms with Crippen LogP contribution in [0.25, 0.3) is 0 Å². The number of rotatable bonds is 4. The zero-order chi connectivity index (χ0) is 15.4. The number of ether oxygens (including phenoxy) is 2. The van der Waals surface area contributed by atoms with Gasteiger partial charge in [-0.1, -0.05) is 0 Å². The normalized spacial score (nSPS) is 12.1. The lowest BCUT2D eigenvalue weighted by molar-refractivity contribution is -0.274. The molecule has 0 heterocycles. The fourth-order valence-electron chi connectivity index (χ4n) is 1.22. The topological polar surface area (TPSA) is 47.6 Å². The van der Waals surface area contributed by atoms with E-state index in [0.717, 1.165) is 12.1 Å². The van der Waals surface area contributed by atoms with E-state index in [0.29, 0.717) is 5.69 Å². The third-order valence-corrected chi connectivity index (χ3v) is 2.01. The smallest absolute Gasteiger partial charge is 0.406 e. The molecule has 0 atom stereocenters. The van der Waals surface area contributed by atoms with Crippen molar-refractivity contribution in [1.82, 2.24) is 0 Å². The number of benzene rings is 1. The van der Waals surface area contributed by atoms with E-state index in [1.807, 2.05) is 20.8 Å². The summed E-state index contributed by atoms with van der Waals surface area (Å²) in [5.41, 5.74) is -0.0797. The summed E-state index contributed by atoms with van der Waals surface area (Å²) in [4.78, 5) is 11.5. The standard InChI is InChI=1S/C13H16F3NO3/c1-12(2,3)19-8-11(18)17-9-4-6-10(7-5-9)20-13(14,15)16/h4-7H,8H2,1-3H3,(H,17,18). The number of halogens is 3. The molecule has 0 radical (unpaired) electrons. The van der Waals surface area contributed by atoms with Crippen molar-refractivity contribution < 1.29 is 27.4 Å². The van der Waals surface area contributed by atoms with Crippen molar-refractivity contribution in [2.45, 2.75) is 32.7 Å². The van der Waals surface area contributed by atoms with E-state index in [2.05, 4.69) is 10.1 Å². The van der Waals surface area contributed by atoms with Crippen LogP contribution in [0.2, 0.25) is 0 Å². The average Bonchev–Trinajstić information content (AvgIpc) is 2.26. The van der Waals surface area contributed by atoms with Crippen LogP contribution in [0.4, 0.5) is 18.9 Å². The summed E-state index contributed by atoms with van der Waals surface area (Å²) < 4.78 is 44.9. The molecule has 0 aliphatic rings. The fourth-order valence-corrected chi connectivity index (χ4v) is 1.22. The Kier molecular flexibility index (Phi) is 4.99. The van der Waals surface area contributed by atoms with E-state index in [1.165, 1.54) is 12.1 Å². The molecule has 0 aromatic heterocycles. The molecule has 0 fully saturated rings. The van der Waals surface area contributed by atoms with Gasteiger partial charge in [0.25, 0.3) is 0 Å². The summed E-state index contributed by atoms with van der Waals surface area (Å²) >= 11 is 0. The number of nitrogens with one attached hydrogen (secondary N) is 1. The first kappa shape index (κ1) is 16.3. The zero-order valence-electron chi connectivity index (χ0n) is 11.4. The lowest BCUT2D eigenvalue weighted by atomic mass is 10.2. The van der Waals surface area contributed by atoms with E-state index in [4.69, 9.17) is 4.74 Å². The van der Waals surface area contributed by atoms with Gasteiger partial charge in [0.15, 0.2) is 0 Å². The maximum Gasteiger partial charge on any atom is 0.573 e. The van der Waals surface area contributed by atoms with Crippen molar-refractivity contribution in [2.75, 3.05) is 11.9 Å². The Hall–Kier alpha value is -1.76. The highest BCUT2D eigenvalue weighted by Crippen LogP contribution is 2.23. The van der Waals surface area contributed by atoms with Gasteiger partial charge < -0.3 is 14.8 Å². The van der Waals surface area contributed by atoms with E-state index in [-0.39, 0.29) is 18.3 Å². The minimum absolute atomic E-state index is 0.135. The van der Waals surface area contributed by atoms with Gasteiger partial charge in [-0.25, -0.2) is 0 Å². The van der Waals surface area contributed by atoms with E-state index in [1.54, 1.807) is 0 Å². The lowest BCUT2D eigenvalue weighted by Gasteiger charge is -2.19. The van der Waals surface area contributed by atoms with Gasteiger partial charge in [-0.05, 0) is 45.0 Å². The second-order valence-corrected chi connectivity index (χ2v) is 5.02.